The summed E-state index contributed by atoms with van der Waals surface area (Å²) in [5, 5.41) is 16.0. The second-order valence-corrected chi connectivity index (χ2v) is 9.17. The molecule has 0 bridgehead atoms. The van der Waals surface area contributed by atoms with Crippen molar-refractivity contribution >= 4 is 28.3 Å². The molecule has 0 unspecified atom stereocenters. The molecule has 32 heavy (non-hydrogen) atoms. The van der Waals surface area contributed by atoms with Gasteiger partial charge in [-0.2, -0.15) is 0 Å². The number of aromatic nitrogens is 1. The smallest absolute Gasteiger partial charge is 0.257 e. The maximum atomic E-state index is 13.2. The predicted molar refractivity (Wildman–Crippen MR) is 125 cm³/mol. The number of aliphatic hydroxyl groups is 1. The summed E-state index contributed by atoms with van der Waals surface area (Å²) in [4.78, 5) is 31.7. The molecule has 1 aliphatic carbocycles. The number of nitrogens with zero attached hydrogens (tertiary/aromatic N) is 2. The van der Waals surface area contributed by atoms with Crippen molar-refractivity contribution in [3.8, 4) is 0 Å². The average molecular weight is 450 g/mol. The van der Waals surface area contributed by atoms with Crippen LogP contribution in [0.25, 0.3) is 0 Å². The highest BCUT2D eigenvalue weighted by Gasteiger charge is 2.34. The van der Waals surface area contributed by atoms with E-state index in [0.29, 0.717) is 29.5 Å². The third-order valence-corrected chi connectivity index (χ3v) is 6.54. The van der Waals surface area contributed by atoms with Crippen molar-refractivity contribution in [2.24, 2.45) is 0 Å². The Morgan fingerprint density at radius 3 is 2.38 bits per heavy atom. The molecule has 3 aromatic rings. The van der Waals surface area contributed by atoms with Crippen LogP contribution in [0.15, 0.2) is 66.0 Å². The van der Waals surface area contributed by atoms with Gasteiger partial charge in [-0.3, -0.25) is 14.9 Å². The van der Waals surface area contributed by atoms with Crippen LogP contribution in [0.4, 0.5) is 5.13 Å². The van der Waals surface area contributed by atoms with E-state index >= 15 is 0 Å². The van der Waals surface area contributed by atoms with E-state index in [1.54, 1.807) is 34.5 Å². The standard InChI is InChI=1S/C25H27N3O3S/c29-22(15-21-17-32-24(26-21)27-23(30)20-11-5-2-6-12-20)28(16-19-9-3-1-4-10-19)18-25(31)13-7-8-14-25/h1-6,9-12,17,31H,7-8,13-16,18H2,(H,26,27,30). The number of thiazole rings is 1. The molecule has 1 saturated carbocycles. The molecule has 1 fully saturated rings. The van der Waals surface area contributed by atoms with Gasteiger partial charge < -0.3 is 10.0 Å². The molecule has 2 amide bonds. The molecule has 1 heterocycles. The Labute approximate surface area is 191 Å². The zero-order valence-corrected chi connectivity index (χ0v) is 18.7. The van der Waals surface area contributed by atoms with Gasteiger partial charge in [-0.15, -0.1) is 11.3 Å². The first kappa shape index (κ1) is 22.2. The van der Waals surface area contributed by atoms with E-state index in [4.69, 9.17) is 0 Å². The van der Waals surface area contributed by atoms with Gasteiger partial charge in [-0.05, 0) is 30.5 Å². The van der Waals surface area contributed by atoms with Gasteiger partial charge in [0, 0.05) is 24.0 Å². The van der Waals surface area contributed by atoms with Crippen LogP contribution in [0.1, 0.15) is 47.3 Å². The Morgan fingerprint density at radius 2 is 1.69 bits per heavy atom. The van der Waals surface area contributed by atoms with Crippen LogP contribution in [0.3, 0.4) is 0 Å². The third-order valence-electron chi connectivity index (χ3n) is 5.73. The highest BCUT2D eigenvalue weighted by atomic mass is 32.1. The molecule has 7 heteroatoms. The normalized spacial score (nSPS) is 14.8. The number of amides is 2. The third kappa shape index (κ3) is 5.81. The first-order valence-corrected chi connectivity index (χ1v) is 11.7. The van der Waals surface area contributed by atoms with Crippen molar-refractivity contribution in [1.82, 2.24) is 9.88 Å². The minimum atomic E-state index is -0.818. The van der Waals surface area contributed by atoms with Crippen LogP contribution in [-0.2, 0) is 17.8 Å². The van der Waals surface area contributed by atoms with Gasteiger partial charge in [0.2, 0.25) is 5.91 Å². The second kappa shape index (κ2) is 10.1. The summed E-state index contributed by atoms with van der Waals surface area (Å²) in [5.74, 6) is -0.313. The lowest BCUT2D eigenvalue weighted by molar-refractivity contribution is -0.135. The number of carbonyl (C=O) groups excluding carboxylic acids is 2. The fourth-order valence-corrected chi connectivity index (χ4v) is 4.76. The van der Waals surface area contributed by atoms with Crippen molar-refractivity contribution in [2.45, 2.75) is 44.2 Å². The fourth-order valence-electron chi connectivity index (χ4n) is 4.05. The quantitative estimate of drug-likeness (QED) is 0.538. The summed E-state index contributed by atoms with van der Waals surface area (Å²) >= 11 is 1.30. The largest absolute Gasteiger partial charge is 0.388 e. The van der Waals surface area contributed by atoms with E-state index in [0.717, 1.165) is 31.2 Å². The van der Waals surface area contributed by atoms with Crippen LogP contribution in [-0.4, -0.2) is 39.0 Å². The van der Waals surface area contributed by atoms with Gasteiger partial charge in [0.1, 0.15) is 0 Å². The Kier molecular flexibility index (Phi) is 6.97. The summed E-state index contributed by atoms with van der Waals surface area (Å²) in [6.07, 6.45) is 3.54. The van der Waals surface area contributed by atoms with Crippen molar-refractivity contribution in [3.63, 3.8) is 0 Å². The first-order valence-electron chi connectivity index (χ1n) is 10.9. The summed E-state index contributed by atoms with van der Waals surface area (Å²) in [5.41, 5.74) is 1.37. The Hall–Kier alpha value is -3.03. The van der Waals surface area contributed by atoms with Gasteiger partial charge >= 0.3 is 0 Å². The molecule has 4 rings (SSSR count). The number of nitrogens with one attached hydrogen (secondary N) is 1. The Balaban J connectivity index is 1.42. The number of benzene rings is 2. The molecule has 2 N–H and O–H groups in total. The predicted octanol–water partition coefficient (Wildman–Crippen LogP) is 4.27. The molecule has 1 aliphatic rings. The molecule has 0 atom stereocenters. The molecule has 1 aromatic heterocycles. The summed E-state index contributed by atoms with van der Waals surface area (Å²) < 4.78 is 0. The summed E-state index contributed by atoms with van der Waals surface area (Å²) in [7, 11) is 0. The maximum absolute atomic E-state index is 13.2. The molecular formula is C25H27N3O3S. The number of carbonyl (C=O) groups is 2. The van der Waals surface area contributed by atoms with E-state index in [2.05, 4.69) is 10.3 Å². The number of hydrogen-bond donors (Lipinski definition) is 2. The minimum Gasteiger partial charge on any atom is -0.388 e. The molecule has 0 radical (unpaired) electrons. The van der Waals surface area contributed by atoms with Crippen LogP contribution >= 0.6 is 11.3 Å². The van der Waals surface area contributed by atoms with Gasteiger partial charge in [-0.25, -0.2) is 4.98 Å². The van der Waals surface area contributed by atoms with Gasteiger partial charge in [0.05, 0.1) is 17.7 Å². The molecule has 0 saturated heterocycles. The molecule has 0 aliphatic heterocycles. The van der Waals surface area contributed by atoms with Gasteiger partial charge in [0.15, 0.2) is 5.13 Å². The number of rotatable bonds is 8. The number of hydrogen-bond acceptors (Lipinski definition) is 5. The van der Waals surface area contributed by atoms with Crippen LogP contribution in [0, 0.1) is 0 Å². The van der Waals surface area contributed by atoms with Crippen molar-refractivity contribution in [1.29, 1.82) is 0 Å². The van der Waals surface area contributed by atoms with Crippen LogP contribution in [0.5, 0.6) is 0 Å². The lowest BCUT2D eigenvalue weighted by Gasteiger charge is -2.31. The lowest BCUT2D eigenvalue weighted by atomic mass is 10.0. The van der Waals surface area contributed by atoms with Gasteiger partial charge in [0.25, 0.3) is 5.91 Å². The SMILES string of the molecule is O=C(Nc1nc(CC(=O)N(Cc2ccccc2)CC2(O)CCCC2)cs1)c1ccccc1. The van der Waals surface area contributed by atoms with Crippen molar-refractivity contribution in [3.05, 3.63) is 82.9 Å². The van der Waals surface area contributed by atoms with E-state index in [1.165, 1.54) is 11.3 Å². The molecular weight excluding hydrogens is 422 g/mol. The molecule has 0 spiro atoms. The lowest BCUT2D eigenvalue weighted by Crippen LogP contribution is -2.44. The Bertz CT molecular complexity index is 1050. The van der Waals surface area contributed by atoms with Crippen LogP contribution in [0.2, 0.25) is 0 Å². The summed E-state index contributed by atoms with van der Waals surface area (Å²) in [6, 6.07) is 18.8. The topological polar surface area (TPSA) is 82.5 Å². The van der Waals surface area contributed by atoms with E-state index < -0.39 is 5.60 Å². The zero-order chi connectivity index (χ0) is 22.4. The van der Waals surface area contributed by atoms with E-state index in [1.807, 2.05) is 36.4 Å². The highest BCUT2D eigenvalue weighted by molar-refractivity contribution is 7.14. The molecule has 2 aromatic carbocycles. The first-order chi connectivity index (χ1) is 15.5. The second-order valence-electron chi connectivity index (χ2n) is 8.31. The summed E-state index contributed by atoms with van der Waals surface area (Å²) in [6.45, 7) is 0.770. The highest BCUT2D eigenvalue weighted by Crippen LogP contribution is 2.31. The minimum absolute atomic E-state index is 0.0830. The molecule has 6 nitrogen and oxygen atoms in total. The Morgan fingerprint density at radius 1 is 1.03 bits per heavy atom. The van der Waals surface area contributed by atoms with E-state index in [-0.39, 0.29) is 18.2 Å². The van der Waals surface area contributed by atoms with Crippen LogP contribution < -0.4 is 5.32 Å². The van der Waals surface area contributed by atoms with Crippen molar-refractivity contribution < 1.29 is 14.7 Å². The van der Waals surface area contributed by atoms with E-state index in [9.17, 15) is 14.7 Å². The van der Waals surface area contributed by atoms with Crippen molar-refractivity contribution in [2.75, 3.05) is 11.9 Å². The fraction of sp³-hybridized carbons (Fsp3) is 0.320. The maximum Gasteiger partial charge on any atom is 0.257 e. The van der Waals surface area contributed by atoms with Gasteiger partial charge in [-0.1, -0.05) is 61.4 Å². The monoisotopic (exact) mass is 449 g/mol. The molecule has 166 valence electrons. The zero-order valence-electron chi connectivity index (χ0n) is 17.9. The average Bonchev–Trinajstić information content (AvgIpc) is 3.43. The number of anilines is 1.